The highest BCUT2D eigenvalue weighted by molar-refractivity contribution is 5.31. The van der Waals surface area contributed by atoms with Gasteiger partial charge in [0, 0.05) is 0 Å². The van der Waals surface area contributed by atoms with Gasteiger partial charge in [-0.2, -0.15) is 0 Å². The summed E-state index contributed by atoms with van der Waals surface area (Å²) in [5.74, 6) is 0.933. The lowest BCUT2D eigenvalue weighted by atomic mass is 9.97. The van der Waals surface area contributed by atoms with Crippen LogP contribution in [0.3, 0.4) is 0 Å². The van der Waals surface area contributed by atoms with Crippen LogP contribution >= 0.6 is 0 Å². The number of rotatable bonds is 7. The molecule has 3 fully saturated rings. The van der Waals surface area contributed by atoms with Crippen LogP contribution in [0, 0.1) is 0 Å². The van der Waals surface area contributed by atoms with Crippen LogP contribution in [0.15, 0.2) is 24.3 Å². The first-order valence-electron chi connectivity index (χ1n) is 12.8. The molecule has 3 aliphatic heterocycles. The highest BCUT2D eigenvalue weighted by Crippen LogP contribution is 2.33. The fraction of sp³-hybridized carbons (Fsp3) is 0.760. The maximum Gasteiger partial charge on any atom is 0.229 e. The van der Waals surface area contributed by atoms with Crippen LogP contribution in [0.5, 0.6) is 11.5 Å². The molecule has 0 aromatic heterocycles. The van der Waals surface area contributed by atoms with E-state index in [1.807, 2.05) is 0 Å². The number of aliphatic hydroxyl groups is 7. The summed E-state index contributed by atoms with van der Waals surface area (Å²) >= 11 is 0. The van der Waals surface area contributed by atoms with E-state index in [0.717, 1.165) is 0 Å². The zero-order valence-corrected chi connectivity index (χ0v) is 22.0. The lowest BCUT2D eigenvalue weighted by Crippen LogP contribution is -2.65. The first-order chi connectivity index (χ1) is 18.4. The molecule has 0 unspecified atom stereocenters. The summed E-state index contributed by atoms with van der Waals surface area (Å²) in [6.45, 7) is 4.49. The monoisotopic (exact) mass is 562 g/mol. The highest BCUT2D eigenvalue weighted by atomic mass is 16.8. The van der Waals surface area contributed by atoms with Crippen LogP contribution in [0.1, 0.15) is 20.8 Å². The molecule has 0 saturated carbocycles. The molecule has 15 atom stereocenters. The average Bonchev–Trinajstić information content (AvgIpc) is 2.92. The Kier molecular flexibility index (Phi) is 9.69. The number of methoxy groups -OCH3 is 1. The minimum Gasteiger partial charge on any atom is -0.497 e. The third-order valence-corrected chi connectivity index (χ3v) is 7.27. The van der Waals surface area contributed by atoms with Crippen molar-refractivity contribution < 1.29 is 68.9 Å². The molecular formula is C25H38O14. The molecule has 3 heterocycles. The van der Waals surface area contributed by atoms with E-state index in [1.165, 1.54) is 21.0 Å². The van der Waals surface area contributed by atoms with E-state index in [1.54, 1.807) is 31.2 Å². The lowest BCUT2D eigenvalue weighted by molar-refractivity contribution is -0.375. The van der Waals surface area contributed by atoms with Gasteiger partial charge in [-0.1, -0.05) is 0 Å². The van der Waals surface area contributed by atoms with Gasteiger partial charge in [-0.05, 0) is 45.0 Å². The zero-order chi connectivity index (χ0) is 28.6. The second kappa shape index (κ2) is 12.5. The molecule has 0 radical (unpaired) electrons. The highest BCUT2D eigenvalue weighted by Gasteiger charge is 2.52. The van der Waals surface area contributed by atoms with Crippen LogP contribution in [0.4, 0.5) is 0 Å². The van der Waals surface area contributed by atoms with Crippen LogP contribution in [0.25, 0.3) is 0 Å². The first kappa shape index (κ1) is 30.3. The Morgan fingerprint density at radius 2 is 0.974 bits per heavy atom. The Bertz CT molecular complexity index is 919. The number of hydrogen-bond acceptors (Lipinski definition) is 14. The van der Waals surface area contributed by atoms with E-state index in [-0.39, 0.29) is 0 Å². The third kappa shape index (κ3) is 6.32. The fourth-order valence-corrected chi connectivity index (χ4v) is 4.74. The number of aliphatic hydroxyl groups excluding tert-OH is 7. The lowest BCUT2D eigenvalue weighted by Gasteiger charge is -2.47. The fourth-order valence-electron chi connectivity index (χ4n) is 4.74. The van der Waals surface area contributed by atoms with Crippen molar-refractivity contribution in [1.82, 2.24) is 0 Å². The normalized spacial score (nSPS) is 47.0. The van der Waals surface area contributed by atoms with Crippen molar-refractivity contribution in [1.29, 1.82) is 0 Å². The summed E-state index contributed by atoms with van der Waals surface area (Å²) in [4.78, 5) is 0. The largest absolute Gasteiger partial charge is 0.497 e. The summed E-state index contributed by atoms with van der Waals surface area (Å²) in [5, 5.41) is 73.4. The number of hydrogen-bond donors (Lipinski definition) is 7. The zero-order valence-electron chi connectivity index (χ0n) is 22.0. The minimum atomic E-state index is -1.70. The summed E-state index contributed by atoms with van der Waals surface area (Å²) in [6.07, 6.45) is -20.4. The molecule has 39 heavy (non-hydrogen) atoms. The Hall–Kier alpha value is -1.66. The van der Waals surface area contributed by atoms with E-state index in [0.29, 0.717) is 11.5 Å². The first-order valence-corrected chi connectivity index (χ1v) is 12.8. The van der Waals surface area contributed by atoms with Gasteiger partial charge in [-0.3, -0.25) is 0 Å². The van der Waals surface area contributed by atoms with Gasteiger partial charge >= 0.3 is 0 Å². The van der Waals surface area contributed by atoms with E-state index < -0.39 is 92.1 Å². The summed E-state index contributed by atoms with van der Waals surface area (Å²) in [7, 11) is 1.51. The maximum absolute atomic E-state index is 11.1. The summed E-state index contributed by atoms with van der Waals surface area (Å²) < 4.78 is 39.4. The maximum atomic E-state index is 11.1. The second-order valence-corrected chi connectivity index (χ2v) is 10.1. The smallest absolute Gasteiger partial charge is 0.229 e. The molecule has 222 valence electrons. The Labute approximate surface area is 225 Å². The van der Waals surface area contributed by atoms with Crippen molar-refractivity contribution in [3.05, 3.63) is 24.3 Å². The molecule has 0 aliphatic carbocycles. The molecular weight excluding hydrogens is 524 g/mol. The molecule has 1 aromatic carbocycles. The van der Waals surface area contributed by atoms with Crippen LogP contribution in [0.2, 0.25) is 0 Å². The van der Waals surface area contributed by atoms with Gasteiger partial charge in [0.25, 0.3) is 0 Å². The van der Waals surface area contributed by atoms with Gasteiger partial charge < -0.3 is 68.9 Å². The van der Waals surface area contributed by atoms with Crippen LogP contribution in [-0.4, -0.2) is 135 Å². The van der Waals surface area contributed by atoms with Gasteiger partial charge in [-0.25, -0.2) is 0 Å². The molecule has 0 spiro atoms. The van der Waals surface area contributed by atoms with Crippen molar-refractivity contribution in [3.8, 4) is 11.5 Å². The second-order valence-electron chi connectivity index (χ2n) is 10.1. The molecule has 0 amide bonds. The molecule has 4 rings (SSSR count). The molecule has 14 heteroatoms. The number of ether oxygens (including phenoxy) is 7. The van der Waals surface area contributed by atoms with Crippen LogP contribution in [-0.2, 0) is 23.7 Å². The molecule has 1 aromatic rings. The Morgan fingerprint density at radius 1 is 0.513 bits per heavy atom. The van der Waals surface area contributed by atoms with E-state index >= 15 is 0 Å². The van der Waals surface area contributed by atoms with Gasteiger partial charge in [0.1, 0.15) is 60.3 Å². The van der Waals surface area contributed by atoms with Gasteiger partial charge in [0.15, 0.2) is 18.7 Å². The summed E-state index contributed by atoms with van der Waals surface area (Å²) in [6, 6.07) is 6.52. The van der Waals surface area contributed by atoms with Crippen molar-refractivity contribution >= 4 is 0 Å². The quantitative estimate of drug-likeness (QED) is 0.185. The van der Waals surface area contributed by atoms with E-state index in [2.05, 4.69) is 0 Å². The van der Waals surface area contributed by atoms with Crippen molar-refractivity contribution in [2.75, 3.05) is 7.11 Å². The molecule has 14 nitrogen and oxygen atoms in total. The van der Waals surface area contributed by atoms with Crippen molar-refractivity contribution in [2.24, 2.45) is 0 Å². The van der Waals surface area contributed by atoms with Gasteiger partial charge in [0.2, 0.25) is 6.29 Å². The predicted octanol–water partition coefficient (Wildman–Crippen LogP) is -2.39. The SMILES string of the molecule is COc1ccc(O[C@@H]2O[C@@H](C)[C@@H](O)[C@@H](O)[C@H]2O[C@@H]2O[C@@H](C)[C@@H](O)[C@@H](O[C@@H]3O[C@@H](C)[C@@H](O)[C@@H](O)[C@H]3O)[C@H]2O)cc1. The third-order valence-electron chi connectivity index (χ3n) is 7.27. The van der Waals surface area contributed by atoms with Crippen molar-refractivity contribution in [3.63, 3.8) is 0 Å². The van der Waals surface area contributed by atoms with E-state index in [4.69, 9.17) is 33.2 Å². The Morgan fingerprint density at radius 3 is 1.56 bits per heavy atom. The molecule has 7 N–H and O–H groups in total. The van der Waals surface area contributed by atoms with Crippen LogP contribution < -0.4 is 9.47 Å². The molecule has 0 bridgehead atoms. The number of benzene rings is 1. The topological polar surface area (TPSA) is 206 Å². The predicted molar refractivity (Wildman–Crippen MR) is 128 cm³/mol. The Balaban J connectivity index is 1.51. The van der Waals surface area contributed by atoms with E-state index in [9.17, 15) is 35.7 Å². The average molecular weight is 563 g/mol. The summed E-state index contributed by atoms with van der Waals surface area (Å²) in [5.41, 5.74) is 0. The van der Waals surface area contributed by atoms with Gasteiger partial charge in [-0.15, -0.1) is 0 Å². The standard InChI is InChI=1S/C25H38O14/c1-9-14(26)17(29)19(31)23(34-9)38-21-16(28)11(3)35-24(20(21)32)39-22-18(30)15(27)10(2)36-25(22)37-13-7-5-12(33-4)6-8-13/h5-11,14-32H,1-4H3/t9-,10-,11-,14+,15+,16+,17+,18+,19+,20+,21+,22+,23-,24-,25-/m0/s1. The molecule has 3 aliphatic rings. The van der Waals surface area contributed by atoms with Crippen molar-refractivity contribution in [2.45, 2.75) is 113 Å². The van der Waals surface area contributed by atoms with Gasteiger partial charge in [0.05, 0.1) is 25.4 Å². The minimum absolute atomic E-state index is 0.346. The molecule has 3 saturated heterocycles.